The Bertz CT molecular complexity index is 555. The lowest BCUT2D eigenvalue weighted by Crippen LogP contribution is -2.12. The Labute approximate surface area is 127 Å². The van der Waals surface area contributed by atoms with Crippen molar-refractivity contribution in [2.24, 2.45) is 5.92 Å². The van der Waals surface area contributed by atoms with Crippen molar-refractivity contribution in [3.8, 4) is 0 Å². The number of rotatable bonds is 7. The van der Waals surface area contributed by atoms with Crippen molar-refractivity contribution in [1.29, 1.82) is 0 Å². The summed E-state index contributed by atoms with van der Waals surface area (Å²) in [5.41, 5.74) is 4.61. The monoisotopic (exact) mass is 281 g/mol. The molecular weight excluding hydrogens is 258 g/mol. The van der Waals surface area contributed by atoms with Crippen LogP contribution >= 0.6 is 0 Å². The number of benzene rings is 2. The standard InChI is InChI=1S/C19H23NO/c1-15(2)11-16-3-5-17(6-4-16)12-20-13-18-7-9-19(14-21)10-8-18/h3-10,14-15,20H,11-13H2,1-2H3. The molecule has 1 N–H and O–H groups in total. The molecule has 0 aromatic heterocycles. The van der Waals surface area contributed by atoms with E-state index in [0.29, 0.717) is 5.92 Å². The van der Waals surface area contributed by atoms with Crippen LogP contribution in [0, 0.1) is 5.92 Å². The van der Waals surface area contributed by atoms with Gasteiger partial charge < -0.3 is 5.32 Å². The first-order chi connectivity index (χ1) is 10.2. The molecule has 0 saturated carbocycles. The van der Waals surface area contributed by atoms with Crippen LogP contribution in [0.5, 0.6) is 0 Å². The zero-order chi connectivity index (χ0) is 15.1. The summed E-state index contributed by atoms with van der Waals surface area (Å²) in [6.45, 7) is 6.15. The van der Waals surface area contributed by atoms with E-state index in [1.165, 1.54) is 16.7 Å². The van der Waals surface area contributed by atoms with Crippen LogP contribution in [0.25, 0.3) is 0 Å². The van der Waals surface area contributed by atoms with E-state index in [4.69, 9.17) is 0 Å². The summed E-state index contributed by atoms with van der Waals surface area (Å²) in [6, 6.07) is 16.5. The fourth-order valence-corrected chi connectivity index (χ4v) is 2.33. The van der Waals surface area contributed by atoms with E-state index in [1.807, 2.05) is 24.3 Å². The molecule has 0 aliphatic carbocycles. The van der Waals surface area contributed by atoms with Crippen molar-refractivity contribution < 1.29 is 4.79 Å². The van der Waals surface area contributed by atoms with Crippen LogP contribution in [0.4, 0.5) is 0 Å². The van der Waals surface area contributed by atoms with Gasteiger partial charge in [-0.05, 0) is 29.0 Å². The zero-order valence-corrected chi connectivity index (χ0v) is 12.8. The highest BCUT2D eigenvalue weighted by Crippen LogP contribution is 2.10. The molecule has 2 heteroatoms. The van der Waals surface area contributed by atoms with Crippen molar-refractivity contribution in [1.82, 2.24) is 5.32 Å². The summed E-state index contributed by atoms with van der Waals surface area (Å²) in [5, 5.41) is 3.43. The highest BCUT2D eigenvalue weighted by atomic mass is 16.1. The van der Waals surface area contributed by atoms with Gasteiger partial charge in [-0.3, -0.25) is 4.79 Å². The zero-order valence-electron chi connectivity index (χ0n) is 12.8. The predicted octanol–water partition coefficient (Wildman–Crippen LogP) is 3.99. The molecule has 110 valence electrons. The third-order valence-electron chi connectivity index (χ3n) is 3.44. The molecular formula is C19H23NO. The van der Waals surface area contributed by atoms with Gasteiger partial charge >= 0.3 is 0 Å². The number of carbonyl (C=O) groups excluding carboxylic acids is 1. The van der Waals surface area contributed by atoms with Crippen LogP contribution in [0.2, 0.25) is 0 Å². The second-order valence-corrected chi connectivity index (χ2v) is 5.88. The number of hydrogen-bond acceptors (Lipinski definition) is 2. The molecule has 0 spiro atoms. The Kier molecular flexibility index (Phi) is 5.70. The quantitative estimate of drug-likeness (QED) is 0.778. The molecule has 2 rings (SSSR count). The average Bonchev–Trinajstić information content (AvgIpc) is 2.49. The van der Waals surface area contributed by atoms with E-state index >= 15 is 0 Å². The van der Waals surface area contributed by atoms with E-state index in [9.17, 15) is 4.79 Å². The van der Waals surface area contributed by atoms with E-state index in [2.05, 4.69) is 43.4 Å². The number of nitrogens with one attached hydrogen (secondary N) is 1. The molecule has 0 amide bonds. The SMILES string of the molecule is CC(C)Cc1ccc(CNCc2ccc(C=O)cc2)cc1. The first-order valence-electron chi connectivity index (χ1n) is 7.50. The van der Waals surface area contributed by atoms with Gasteiger partial charge in [0.25, 0.3) is 0 Å². The van der Waals surface area contributed by atoms with Gasteiger partial charge in [-0.15, -0.1) is 0 Å². The van der Waals surface area contributed by atoms with Crippen LogP contribution < -0.4 is 5.32 Å². The topological polar surface area (TPSA) is 29.1 Å². The van der Waals surface area contributed by atoms with Gasteiger partial charge in [-0.1, -0.05) is 62.4 Å². The van der Waals surface area contributed by atoms with E-state index in [0.717, 1.165) is 31.4 Å². The Morgan fingerprint density at radius 3 is 1.81 bits per heavy atom. The molecule has 21 heavy (non-hydrogen) atoms. The number of carbonyl (C=O) groups is 1. The van der Waals surface area contributed by atoms with Gasteiger partial charge in [0, 0.05) is 18.7 Å². The van der Waals surface area contributed by atoms with Gasteiger partial charge in [0.05, 0.1) is 0 Å². The fraction of sp³-hybridized carbons (Fsp3) is 0.316. The first kappa shape index (κ1) is 15.5. The summed E-state index contributed by atoms with van der Waals surface area (Å²) in [7, 11) is 0. The largest absolute Gasteiger partial charge is 0.309 e. The van der Waals surface area contributed by atoms with Crippen LogP contribution in [0.3, 0.4) is 0 Å². The maximum absolute atomic E-state index is 10.6. The lowest BCUT2D eigenvalue weighted by Gasteiger charge is -2.08. The van der Waals surface area contributed by atoms with Gasteiger partial charge in [0.2, 0.25) is 0 Å². The van der Waals surface area contributed by atoms with Gasteiger partial charge in [-0.25, -0.2) is 0 Å². The second kappa shape index (κ2) is 7.75. The third kappa shape index (κ3) is 5.16. The lowest BCUT2D eigenvalue weighted by molar-refractivity contribution is 0.112. The minimum Gasteiger partial charge on any atom is -0.309 e. The minimum absolute atomic E-state index is 0.698. The average molecular weight is 281 g/mol. The van der Waals surface area contributed by atoms with Crippen molar-refractivity contribution >= 4 is 6.29 Å². The van der Waals surface area contributed by atoms with Crippen LogP contribution in [0.1, 0.15) is 40.9 Å². The molecule has 0 aliphatic rings. The van der Waals surface area contributed by atoms with Crippen LogP contribution in [-0.4, -0.2) is 6.29 Å². The highest BCUT2D eigenvalue weighted by molar-refractivity contribution is 5.74. The molecule has 2 aromatic carbocycles. The summed E-state index contributed by atoms with van der Waals surface area (Å²) < 4.78 is 0. The van der Waals surface area contributed by atoms with Crippen LogP contribution in [0.15, 0.2) is 48.5 Å². The van der Waals surface area contributed by atoms with Crippen molar-refractivity contribution in [2.45, 2.75) is 33.4 Å². The molecule has 2 nitrogen and oxygen atoms in total. The van der Waals surface area contributed by atoms with E-state index < -0.39 is 0 Å². The molecule has 0 saturated heterocycles. The highest BCUT2D eigenvalue weighted by Gasteiger charge is 1.99. The van der Waals surface area contributed by atoms with Gasteiger partial charge in [-0.2, -0.15) is 0 Å². The lowest BCUT2D eigenvalue weighted by atomic mass is 10.0. The molecule has 0 bridgehead atoms. The minimum atomic E-state index is 0.698. The summed E-state index contributed by atoms with van der Waals surface area (Å²) in [6.07, 6.45) is 2.01. The van der Waals surface area contributed by atoms with Crippen molar-refractivity contribution in [3.05, 3.63) is 70.8 Å². The normalized spacial score (nSPS) is 10.8. The maximum atomic E-state index is 10.6. The van der Waals surface area contributed by atoms with Gasteiger partial charge in [0.15, 0.2) is 0 Å². The first-order valence-corrected chi connectivity index (χ1v) is 7.50. The molecule has 2 aromatic rings. The smallest absolute Gasteiger partial charge is 0.150 e. The molecule has 0 aliphatic heterocycles. The number of hydrogen-bond donors (Lipinski definition) is 1. The van der Waals surface area contributed by atoms with Crippen molar-refractivity contribution in [2.75, 3.05) is 0 Å². The van der Waals surface area contributed by atoms with E-state index in [1.54, 1.807) is 0 Å². The third-order valence-corrected chi connectivity index (χ3v) is 3.44. The Balaban J connectivity index is 1.81. The van der Waals surface area contributed by atoms with E-state index in [-0.39, 0.29) is 0 Å². The fourth-order valence-electron chi connectivity index (χ4n) is 2.33. The van der Waals surface area contributed by atoms with Crippen molar-refractivity contribution in [3.63, 3.8) is 0 Å². The van der Waals surface area contributed by atoms with Gasteiger partial charge in [0.1, 0.15) is 6.29 Å². The molecule has 0 radical (unpaired) electrons. The Hall–Kier alpha value is -1.93. The predicted molar refractivity (Wildman–Crippen MR) is 87.4 cm³/mol. The molecule has 0 atom stereocenters. The molecule has 0 heterocycles. The Morgan fingerprint density at radius 1 is 0.857 bits per heavy atom. The number of aldehydes is 1. The summed E-state index contributed by atoms with van der Waals surface area (Å²) in [4.78, 5) is 10.6. The summed E-state index contributed by atoms with van der Waals surface area (Å²) in [5.74, 6) is 0.698. The maximum Gasteiger partial charge on any atom is 0.150 e. The summed E-state index contributed by atoms with van der Waals surface area (Å²) >= 11 is 0. The molecule has 0 unspecified atom stereocenters. The second-order valence-electron chi connectivity index (χ2n) is 5.88. The van der Waals surface area contributed by atoms with Crippen LogP contribution in [-0.2, 0) is 19.5 Å². The molecule has 0 fully saturated rings. The Morgan fingerprint density at radius 2 is 1.33 bits per heavy atom.